The average molecular weight is 298 g/mol. The molecule has 1 saturated carbocycles. The van der Waals surface area contributed by atoms with E-state index in [1.54, 1.807) is 0 Å². The second-order valence-corrected chi connectivity index (χ2v) is 5.50. The molecule has 0 heterocycles. The molecule has 0 saturated heterocycles. The van der Waals surface area contributed by atoms with Gasteiger partial charge in [0.2, 0.25) is 0 Å². The Bertz CT molecular complexity index is 542. The summed E-state index contributed by atoms with van der Waals surface area (Å²) in [6.07, 6.45) is 3.58. The van der Waals surface area contributed by atoms with Crippen LogP contribution in [0.25, 0.3) is 0 Å². The molecule has 0 atom stereocenters. The molecule has 3 N–H and O–H groups in total. The van der Waals surface area contributed by atoms with Crippen LogP contribution in [0.3, 0.4) is 0 Å². The zero-order chi connectivity index (χ0) is 14.8. The molecule has 2 rings (SSSR count). The van der Waals surface area contributed by atoms with E-state index in [4.69, 9.17) is 17.3 Å². The maximum Gasteiger partial charge on any atom is 0.282 e. The molecular formula is C13H16ClN3O3. The molecule has 7 heteroatoms. The predicted octanol–water partition coefficient (Wildman–Crippen LogP) is 2.25. The number of benzene rings is 1. The Hall–Kier alpha value is -1.66. The molecule has 20 heavy (non-hydrogen) atoms. The molecule has 0 bridgehead atoms. The van der Waals surface area contributed by atoms with Crippen molar-refractivity contribution in [1.29, 1.82) is 0 Å². The summed E-state index contributed by atoms with van der Waals surface area (Å²) in [5, 5.41) is 14.1. The van der Waals surface area contributed by atoms with Gasteiger partial charge in [-0.25, -0.2) is 0 Å². The summed E-state index contributed by atoms with van der Waals surface area (Å²) in [7, 11) is 0. The highest BCUT2D eigenvalue weighted by Gasteiger charge is 2.35. The molecule has 1 fully saturated rings. The van der Waals surface area contributed by atoms with Crippen molar-refractivity contribution in [3.05, 3.63) is 38.9 Å². The molecule has 0 aliphatic heterocycles. The van der Waals surface area contributed by atoms with Gasteiger partial charge in [-0.2, -0.15) is 0 Å². The van der Waals surface area contributed by atoms with E-state index in [9.17, 15) is 14.9 Å². The van der Waals surface area contributed by atoms with Gasteiger partial charge in [-0.15, -0.1) is 0 Å². The first-order chi connectivity index (χ1) is 9.47. The number of amides is 1. The average Bonchev–Trinajstić information content (AvgIpc) is 2.87. The Balaban J connectivity index is 2.29. The molecule has 0 unspecified atom stereocenters. The Morgan fingerprint density at radius 2 is 2.10 bits per heavy atom. The molecule has 1 aromatic rings. The standard InChI is InChI=1S/C13H16ClN3O3/c14-9-3-4-11(17(19)20)10(7-9)12(18)16-13(8-15)5-1-2-6-13/h3-4,7H,1-2,5-6,8,15H2,(H,16,18). The van der Waals surface area contributed by atoms with E-state index in [1.807, 2.05) is 0 Å². The maximum absolute atomic E-state index is 12.3. The number of carbonyl (C=O) groups excluding carboxylic acids is 1. The van der Waals surface area contributed by atoms with Crippen LogP contribution >= 0.6 is 11.6 Å². The largest absolute Gasteiger partial charge is 0.345 e. The van der Waals surface area contributed by atoms with Crippen LogP contribution in [0.5, 0.6) is 0 Å². The predicted molar refractivity (Wildman–Crippen MR) is 75.8 cm³/mol. The van der Waals surface area contributed by atoms with Gasteiger partial charge >= 0.3 is 0 Å². The van der Waals surface area contributed by atoms with Crippen LogP contribution in [0.15, 0.2) is 18.2 Å². The first-order valence-corrected chi connectivity index (χ1v) is 6.82. The number of nitrogens with zero attached hydrogens (tertiary/aromatic N) is 1. The second kappa shape index (κ2) is 5.76. The Labute approximate surface area is 121 Å². The van der Waals surface area contributed by atoms with Crippen LogP contribution < -0.4 is 11.1 Å². The summed E-state index contributed by atoms with van der Waals surface area (Å²) in [6, 6.07) is 3.94. The second-order valence-electron chi connectivity index (χ2n) is 5.06. The Kier molecular flexibility index (Phi) is 4.25. The van der Waals surface area contributed by atoms with Gasteiger partial charge in [-0.05, 0) is 25.0 Å². The Morgan fingerprint density at radius 3 is 2.65 bits per heavy atom. The van der Waals surface area contributed by atoms with E-state index in [2.05, 4.69) is 5.32 Å². The van der Waals surface area contributed by atoms with Crippen LogP contribution in [0.2, 0.25) is 5.02 Å². The summed E-state index contributed by atoms with van der Waals surface area (Å²) >= 11 is 5.82. The lowest BCUT2D eigenvalue weighted by molar-refractivity contribution is -0.385. The number of nitro benzene ring substituents is 1. The maximum atomic E-state index is 12.3. The van der Waals surface area contributed by atoms with Crippen LogP contribution in [-0.4, -0.2) is 22.9 Å². The molecular weight excluding hydrogens is 282 g/mol. The van der Waals surface area contributed by atoms with E-state index in [0.717, 1.165) is 25.7 Å². The lowest BCUT2D eigenvalue weighted by atomic mass is 9.97. The number of nitrogens with two attached hydrogens (primary N) is 1. The molecule has 6 nitrogen and oxygen atoms in total. The molecule has 0 radical (unpaired) electrons. The zero-order valence-corrected chi connectivity index (χ0v) is 11.7. The van der Waals surface area contributed by atoms with E-state index < -0.39 is 16.4 Å². The first kappa shape index (κ1) is 14.7. The minimum absolute atomic E-state index is 0.0257. The highest BCUT2D eigenvalue weighted by Crippen LogP contribution is 2.30. The van der Waals surface area contributed by atoms with Crippen molar-refractivity contribution in [1.82, 2.24) is 5.32 Å². The van der Waals surface area contributed by atoms with E-state index in [-0.39, 0.29) is 16.3 Å². The number of nitrogens with one attached hydrogen (secondary N) is 1. The number of carbonyl (C=O) groups is 1. The minimum atomic E-state index is -0.588. The van der Waals surface area contributed by atoms with Gasteiger partial charge < -0.3 is 11.1 Å². The van der Waals surface area contributed by atoms with E-state index in [1.165, 1.54) is 18.2 Å². The highest BCUT2D eigenvalue weighted by atomic mass is 35.5. The lowest BCUT2D eigenvalue weighted by Crippen LogP contribution is -2.51. The third-order valence-corrected chi connectivity index (χ3v) is 3.97. The van der Waals surface area contributed by atoms with Crippen molar-refractivity contribution >= 4 is 23.2 Å². The van der Waals surface area contributed by atoms with Gasteiger partial charge in [-0.3, -0.25) is 14.9 Å². The molecule has 1 amide bonds. The molecule has 1 aliphatic carbocycles. The molecule has 108 valence electrons. The van der Waals surface area contributed by atoms with Crippen LogP contribution in [0.4, 0.5) is 5.69 Å². The van der Waals surface area contributed by atoms with Crippen LogP contribution in [0, 0.1) is 10.1 Å². The van der Waals surface area contributed by atoms with Crippen molar-refractivity contribution in [2.24, 2.45) is 5.73 Å². The van der Waals surface area contributed by atoms with Gasteiger partial charge in [0.1, 0.15) is 5.56 Å². The van der Waals surface area contributed by atoms with Crippen molar-refractivity contribution in [2.45, 2.75) is 31.2 Å². The smallest absolute Gasteiger partial charge is 0.282 e. The van der Waals surface area contributed by atoms with Crippen LogP contribution in [0.1, 0.15) is 36.0 Å². The third kappa shape index (κ3) is 2.91. The van der Waals surface area contributed by atoms with Gasteiger partial charge in [0.05, 0.1) is 10.5 Å². The van der Waals surface area contributed by atoms with Gasteiger partial charge in [0.25, 0.3) is 11.6 Å². The summed E-state index contributed by atoms with van der Waals surface area (Å²) < 4.78 is 0. The molecule has 0 aromatic heterocycles. The fourth-order valence-corrected chi connectivity index (χ4v) is 2.76. The number of rotatable bonds is 4. The number of nitro groups is 1. The molecule has 1 aliphatic rings. The van der Waals surface area contributed by atoms with Crippen molar-refractivity contribution < 1.29 is 9.72 Å². The summed E-state index contributed by atoms with van der Waals surface area (Å²) in [4.78, 5) is 22.7. The monoisotopic (exact) mass is 297 g/mol. The first-order valence-electron chi connectivity index (χ1n) is 6.44. The zero-order valence-electron chi connectivity index (χ0n) is 10.9. The van der Waals surface area contributed by atoms with Gasteiger partial charge in [0, 0.05) is 17.6 Å². The van der Waals surface area contributed by atoms with Gasteiger partial charge in [-0.1, -0.05) is 24.4 Å². The summed E-state index contributed by atoms with van der Waals surface area (Å²) in [5.41, 5.74) is 5.02. The van der Waals surface area contributed by atoms with Crippen LogP contribution in [-0.2, 0) is 0 Å². The van der Waals surface area contributed by atoms with E-state index >= 15 is 0 Å². The number of hydrogen-bond donors (Lipinski definition) is 2. The molecule has 0 spiro atoms. The topological polar surface area (TPSA) is 98.3 Å². The Morgan fingerprint density at radius 1 is 1.45 bits per heavy atom. The fourth-order valence-electron chi connectivity index (χ4n) is 2.59. The molecule has 1 aromatic carbocycles. The third-order valence-electron chi connectivity index (χ3n) is 3.73. The summed E-state index contributed by atoms with van der Waals surface area (Å²) in [5.74, 6) is -0.494. The highest BCUT2D eigenvalue weighted by molar-refractivity contribution is 6.31. The van der Waals surface area contributed by atoms with Crippen molar-refractivity contribution in [2.75, 3.05) is 6.54 Å². The minimum Gasteiger partial charge on any atom is -0.345 e. The quantitative estimate of drug-likeness (QED) is 0.657. The normalized spacial score (nSPS) is 16.9. The number of halogens is 1. The van der Waals surface area contributed by atoms with E-state index in [0.29, 0.717) is 6.54 Å². The lowest BCUT2D eigenvalue weighted by Gasteiger charge is -2.28. The van der Waals surface area contributed by atoms with Crippen molar-refractivity contribution in [3.63, 3.8) is 0 Å². The SMILES string of the molecule is NCC1(NC(=O)c2cc(Cl)ccc2[N+](=O)[O-])CCCC1. The van der Waals surface area contributed by atoms with Crippen molar-refractivity contribution in [3.8, 4) is 0 Å². The van der Waals surface area contributed by atoms with Gasteiger partial charge in [0.15, 0.2) is 0 Å². The number of hydrogen-bond acceptors (Lipinski definition) is 4. The fraction of sp³-hybridized carbons (Fsp3) is 0.462. The summed E-state index contributed by atoms with van der Waals surface area (Å²) in [6.45, 7) is 0.326.